The number of benzene rings is 2. The van der Waals surface area contributed by atoms with Gasteiger partial charge >= 0.3 is 0 Å². The quantitative estimate of drug-likeness (QED) is 0.856. The first-order valence-corrected chi connectivity index (χ1v) is 7.82. The molecule has 0 atom stereocenters. The standard InChI is InChI=1S/C19H22FN/c1-2-14-7-3-4-8-15(14)13-21-17-11-16(12-17)18-9-5-6-10-19(18)20/h3-10,16-17,21H,2,11-13H2,1H3. The molecule has 0 saturated heterocycles. The summed E-state index contributed by atoms with van der Waals surface area (Å²) in [6.07, 6.45) is 3.14. The fraction of sp³-hybridized carbons (Fsp3) is 0.368. The molecular weight excluding hydrogens is 261 g/mol. The monoisotopic (exact) mass is 283 g/mol. The van der Waals surface area contributed by atoms with Gasteiger partial charge in [0.15, 0.2) is 0 Å². The molecule has 3 rings (SSSR count). The molecule has 0 amide bonds. The second kappa shape index (κ2) is 6.40. The third kappa shape index (κ3) is 3.16. The van der Waals surface area contributed by atoms with Gasteiger partial charge in [0, 0.05) is 12.6 Å². The van der Waals surface area contributed by atoms with Crippen molar-refractivity contribution in [1.29, 1.82) is 0 Å². The molecule has 1 aliphatic rings. The van der Waals surface area contributed by atoms with Crippen LogP contribution in [0.5, 0.6) is 0 Å². The number of halogens is 1. The van der Waals surface area contributed by atoms with Crippen LogP contribution in [0.15, 0.2) is 48.5 Å². The van der Waals surface area contributed by atoms with E-state index in [-0.39, 0.29) is 5.82 Å². The van der Waals surface area contributed by atoms with E-state index in [9.17, 15) is 4.39 Å². The average molecular weight is 283 g/mol. The van der Waals surface area contributed by atoms with Crippen LogP contribution in [0.3, 0.4) is 0 Å². The van der Waals surface area contributed by atoms with Crippen LogP contribution in [0.2, 0.25) is 0 Å². The van der Waals surface area contributed by atoms with E-state index in [1.165, 1.54) is 11.1 Å². The minimum atomic E-state index is -0.0581. The summed E-state index contributed by atoms with van der Waals surface area (Å²) in [6.45, 7) is 3.11. The highest BCUT2D eigenvalue weighted by Crippen LogP contribution is 2.38. The second-order valence-electron chi connectivity index (χ2n) is 5.89. The van der Waals surface area contributed by atoms with Gasteiger partial charge in [0.05, 0.1) is 0 Å². The molecule has 0 heterocycles. The van der Waals surface area contributed by atoms with E-state index in [0.29, 0.717) is 12.0 Å². The number of rotatable bonds is 5. The lowest BCUT2D eigenvalue weighted by molar-refractivity contribution is 0.284. The first-order chi connectivity index (χ1) is 10.3. The topological polar surface area (TPSA) is 12.0 Å². The van der Waals surface area contributed by atoms with E-state index in [2.05, 4.69) is 36.5 Å². The van der Waals surface area contributed by atoms with Gasteiger partial charge in [0.25, 0.3) is 0 Å². The zero-order chi connectivity index (χ0) is 14.7. The molecule has 0 unspecified atom stereocenters. The molecule has 1 aliphatic carbocycles. The molecule has 2 aromatic rings. The molecule has 1 nitrogen and oxygen atoms in total. The number of aryl methyl sites for hydroxylation is 1. The van der Waals surface area contributed by atoms with Gasteiger partial charge < -0.3 is 5.32 Å². The minimum absolute atomic E-state index is 0.0581. The number of nitrogens with one attached hydrogen (secondary N) is 1. The van der Waals surface area contributed by atoms with Gasteiger partial charge in [-0.2, -0.15) is 0 Å². The summed E-state index contributed by atoms with van der Waals surface area (Å²) in [4.78, 5) is 0. The molecule has 2 aromatic carbocycles. The molecule has 0 spiro atoms. The van der Waals surface area contributed by atoms with E-state index in [1.807, 2.05) is 12.1 Å². The SMILES string of the molecule is CCc1ccccc1CNC1CC(c2ccccc2F)C1. The summed E-state index contributed by atoms with van der Waals surface area (Å²) in [5, 5.41) is 3.61. The maximum Gasteiger partial charge on any atom is 0.126 e. The highest BCUT2D eigenvalue weighted by atomic mass is 19.1. The van der Waals surface area contributed by atoms with Crippen LogP contribution in [0, 0.1) is 5.82 Å². The molecule has 1 fully saturated rings. The van der Waals surface area contributed by atoms with Crippen LogP contribution in [-0.4, -0.2) is 6.04 Å². The summed E-state index contributed by atoms with van der Waals surface area (Å²) in [6, 6.07) is 16.3. The van der Waals surface area contributed by atoms with Crippen molar-refractivity contribution in [3.63, 3.8) is 0 Å². The number of hydrogen-bond donors (Lipinski definition) is 1. The van der Waals surface area contributed by atoms with Crippen molar-refractivity contribution in [3.05, 3.63) is 71.0 Å². The van der Waals surface area contributed by atoms with E-state index in [0.717, 1.165) is 31.4 Å². The Morgan fingerprint density at radius 2 is 1.67 bits per heavy atom. The summed E-state index contributed by atoms with van der Waals surface area (Å²) in [5.41, 5.74) is 3.67. The smallest absolute Gasteiger partial charge is 0.126 e. The van der Waals surface area contributed by atoms with Gasteiger partial charge in [0.1, 0.15) is 5.82 Å². The molecule has 1 N–H and O–H groups in total. The van der Waals surface area contributed by atoms with Crippen molar-refractivity contribution in [2.24, 2.45) is 0 Å². The van der Waals surface area contributed by atoms with Gasteiger partial charge in [0.2, 0.25) is 0 Å². The van der Waals surface area contributed by atoms with Crippen LogP contribution < -0.4 is 5.32 Å². The Morgan fingerprint density at radius 1 is 1.00 bits per heavy atom. The van der Waals surface area contributed by atoms with E-state index in [4.69, 9.17) is 0 Å². The maximum absolute atomic E-state index is 13.7. The average Bonchev–Trinajstić information content (AvgIpc) is 2.47. The molecule has 0 aromatic heterocycles. The van der Waals surface area contributed by atoms with Crippen molar-refractivity contribution in [2.75, 3.05) is 0 Å². The Kier molecular flexibility index (Phi) is 4.35. The molecule has 1 saturated carbocycles. The normalized spacial score (nSPS) is 21.0. The van der Waals surface area contributed by atoms with Gasteiger partial charge in [-0.15, -0.1) is 0 Å². The Labute approximate surface area is 126 Å². The lowest BCUT2D eigenvalue weighted by Gasteiger charge is -2.36. The van der Waals surface area contributed by atoms with Crippen molar-refractivity contribution in [2.45, 2.75) is 44.7 Å². The van der Waals surface area contributed by atoms with Crippen LogP contribution in [0.25, 0.3) is 0 Å². The Bertz CT molecular complexity index is 602. The van der Waals surface area contributed by atoms with Gasteiger partial charge in [-0.1, -0.05) is 49.4 Å². The molecule has 110 valence electrons. The third-order valence-corrected chi connectivity index (χ3v) is 4.56. The highest BCUT2D eigenvalue weighted by Gasteiger charge is 2.31. The zero-order valence-corrected chi connectivity index (χ0v) is 12.5. The van der Waals surface area contributed by atoms with Crippen molar-refractivity contribution >= 4 is 0 Å². The fourth-order valence-electron chi connectivity index (χ4n) is 3.17. The molecule has 2 heteroatoms. The molecule has 21 heavy (non-hydrogen) atoms. The maximum atomic E-state index is 13.7. The minimum Gasteiger partial charge on any atom is -0.310 e. The summed E-state index contributed by atoms with van der Waals surface area (Å²) < 4.78 is 13.7. The summed E-state index contributed by atoms with van der Waals surface area (Å²) in [5.74, 6) is 0.322. The van der Waals surface area contributed by atoms with Crippen molar-refractivity contribution in [3.8, 4) is 0 Å². The Morgan fingerprint density at radius 3 is 2.38 bits per heavy atom. The molecule has 0 radical (unpaired) electrons. The van der Waals surface area contributed by atoms with Crippen molar-refractivity contribution < 1.29 is 4.39 Å². The van der Waals surface area contributed by atoms with E-state index >= 15 is 0 Å². The Balaban J connectivity index is 1.53. The lowest BCUT2D eigenvalue weighted by Crippen LogP contribution is -2.40. The first kappa shape index (κ1) is 14.3. The Hall–Kier alpha value is -1.67. The molecule has 0 bridgehead atoms. The third-order valence-electron chi connectivity index (χ3n) is 4.56. The van der Waals surface area contributed by atoms with Crippen molar-refractivity contribution in [1.82, 2.24) is 5.32 Å². The van der Waals surface area contributed by atoms with Crippen LogP contribution in [0.4, 0.5) is 4.39 Å². The van der Waals surface area contributed by atoms with E-state index < -0.39 is 0 Å². The molecular formula is C19H22FN. The summed E-state index contributed by atoms with van der Waals surface area (Å²) >= 11 is 0. The largest absolute Gasteiger partial charge is 0.310 e. The highest BCUT2D eigenvalue weighted by molar-refractivity contribution is 5.28. The number of hydrogen-bond acceptors (Lipinski definition) is 1. The van der Waals surface area contributed by atoms with Gasteiger partial charge in [-0.3, -0.25) is 0 Å². The first-order valence-electron chi connectivity index (χ1n) is 7.82. The van der Waals surface area contributed by atoms with Crippen LogP contribution >= 0.6 is 0 Å². The fourth-order valence-corrected chi connectivity index (χ4v) is 3.17. The predicted octanol–water partition coefficient (Wildman–Crippen LogP) is 4.42. The molecule has 0 aliphatic heterocycles. The second-order valence-corrected chi connectivity index (χ2v) is 5.89. The predicted molar refractivity (Wildman–Crippen MR) is 84.8 cm³/mol. The lowest BCUT2D eigenvalue weighted by atomic mass is 9.75. The zero-order valence-electron chi connectivity index (χ0n) is 12.5. The summed E-state index contributed by atoms with van der Waals surface area (Å²) in [7, 11) is 0. The van der Waals surface area contributed by atoms with Crippen LogP contribution in [0.1, 0.15) is 42.4 Å². The van der Waals surface area contributed by atoms with E-state index in [1.54, 1.807) is 12.1 Å². The van der Waals surface area contributed by atoms with Gasteiger partial charge in [-0.05, 0) is 47.9 Å². The van der Waals surface area contributed by atoms with Gasteiger partial charge in [-0.25, -0.2) is 4.39 Å². The van der Waals surface area contributed by atoms with Crippen LogP contribution in [-0.2, 0) is 13.0 Å².